The number of nitrogens with zero attached hydrogens (tertiary/aromatic N) is 3. The molecule has 6 nitrogen and oxygen atoms in total. The third-order valence-corrected chi connectivity index (χ3v) is 4.20. The fourth-order valence-electron chi connectivity index (χ4n) is 2.85. The molecule has 0 bridgehead atoms. The van der Waals surface area contributed by atoms with Gasteiger partial charge < -0.3 is 20.4 Å². The zero-order valence-electron chi connectivity index (χ0n) is 16.6. The summed E-state index contributed by atoms with van der Waals surface area (Å²) in [6.07, 6.45) is 3.95. The molecule has 0 aliphatic carbocycles. The Balaban J connectivity index is 1.58. The lowest BCUT2D eigenvalue weighted by atomic mass is 10.1. The van der Waals surface area contributed by atoms with Crippen molar-refractivity contribution in [1.29, 1.82) is 0 Å². The van der Waals surface area contributed by atoms with E-state index >= 15 is 0 Å². The molecule has 0 saturated carbocycles. The van der Waals surface area contributed by atoms with E-state index in [4.69, 9.17) is 10.5 Å². The first-order valence-electron chi connectivity index (χ1n) is 9.39. The van der Waals surface area contributed by atoms with Crippen LogP contribution in [0.4, 0.5) is 5.69 Å². The van der Waals surface area contributed by atoms with Crippen LogP contribution in [-0.2, 0) is 13.1 Å². The normalized spacial score (nSPS) is 11.6. The number of rotatable bonds is 7. The van der Waals surface area contributed by atoms with Crippen molar-refractivity contribution in [2.24, 2.45) is 10.7 Å². The molecule has 146 valence electrons. The van der Waals surface area contributed by atoms with Gasteiger partial charge in [-0.1, -0.05) is 24.3 Å². The van der Waals surface area contributed by atoms with E-state index < -0.39 is 0 Å². The fourth-order valence-corrected chi connectivity index (χ4v) is 2.85. The molecule has 0 atom stereocenters. The maximum absolute atomic E-state index is 6.04. The average molecular weight is 377 g/mol. The summed E-state index contributed by atoms with van der Waals surface area (Å²) in [5.41, 5.74) is 9.23. The summed E-state index contributed by atoms with van der Waals surface area (Å²) in [6.45, 7) is 7.32. The van der Waals surface area contributed by atoms with Crippen LogP contribution in [0.25, 0.3) is 0 Å². The lowest BCUT2D eigenvalue weighted by Crippen LogP contribution is -2.22. The Kier molecular flexibility index (Phi) is 6.32. The third kappa shape index (κ3) is 5.61. The van der Waals surface area contributed by atoms with Gasteiger partial charge in [-0.05, 0) is 56.2 Å². The van der Waals surface area contributed by atoms with E-state index in [0.717, 1.165) is 29.4 Å². The fraction of sp³-hybridized carbons (Fsp3) is 0.273. The Labute approximate surface area is 166 Å². The van der Waals surface area contributed by atoms with E-state index in [-0.39, 0.29) is 6.10 Å². The van der Waals surface area contributed by atoms with E-state index in [1.807, 2.05) is 63.5 Å². The molecule has 0 radical (unpaired) electrons. The highest BCUT2D eigenvalue weighted by Crippen LogP contribution is 2.17. The minimum absolute atomic E-state index is 0.152. The van der Waals surface area contributed by atoms with Gasteiger partial charge in [-0.2, -0.15) is 0 Å². The lowest BCUT2D eigenvalue weighted by Gasteiger charge is -2.11. The SMILES string of the molecule is Cc1nccn1Cc1cccc(CN=C(N)Nc2ccc(OC(C)C)cc2)c1. The highest BCUT2D eigenvalue weighted by molar-refractivity contribution is 5.92. The Hall–Kier alpha value is -3.28. The van der Waals surface area contributed by atoms with Crippen LogP contribution in [0, 0.1) is 6.92 Å². The Morgan fingerprint density at radius 1 is 1.18 bits per heavy atom. The minimum atomic E-state index is 0.152. The predicted molar refractivity (Wildman–Crippen MR) is 114 cm³/mol. The predicted octanol–water partition coefficient (Wildman–Crippen LogP) is 3.95. The van der Waals surface area contributed by atoms with Crippen molar-refractivity contribution in [2.45, 2.75) is 40.0 Å². The number of hydrogen-bond acceptors (Lipinski definition) is 3. The van der Waals surface area contributed by atoms with Gasteiger partial charge in [0.05, 0.1) is 12.6 Å². The number of aliphatic imine (C=N–C) groups is 1. The quantitative estimate of drug-likeness (QED) is 0.483. The maximum Gasteiger partial charge on any atom is 0.193 e. The van der Waals surface area contributed by atoms with Gasteiger partial charge in [0.2, 0.25) is 0 Å². The third-order valence-electron chi connectivity index (χ3n) is 4.20. The minimum Gasteiger partial charge on any atom is -0.491 e. The standard InChI is InChI=1S/C22H27N5O/c1-16(2)28-21-9-7-20(8-10-21)26-22(23)25-14-18-5-4-6-19(13-18)15-27-12-11-24-17(27)3/h4-13,16H,14-15H2,1-3H3,(H3,23,25,26). The van der Waals surface area contributed by atoms with Crippen molar-refractivity contribution in [1.82, 2.24) is 9.55 Å². The molecule has 6 heteroatoms. The Morgan fingerprint density at radius 3 is 2.61 bits per heavy atom. The van der Waals surface area contributed by atoms with Crippen LogP contribution < -0.4 is 15.8 Å². The number of nitrogens with one attached hydrogen (secondary N) is 1. The van der Waals surface area contributed by atoms with E-state index in [1.54, 1.807) is 0 Å². The molecule has 3 aromatic rings. The number of aromatic nitrogens is 2. The zero-order valence-corrected chi connectivity index (χ0v) is 16.6. The summed E-state index contributed by atoms with van der Waals surface area (Å²) in [5.74, 6) is 2.22. The smallest absolute Gasteiger partial charge is 0.193 e. The van der Waals surface area contributed by atoms with Crippen molar-refractivity contribution in [2.75, 3.05) is 5.32 Å². The van der Waals surface area contributed by atoms with Crippen molar-refractivity contribution >= 4 is 11.6 Å². The highest BCUT2D eigenvalue weighted by atomic mass is 16.5. The van der Waals surface area contributed by atoms with Crippen molar-refractivity contribution < 1.29 is 4.74 Å². The van der Waals surface area contributed by atoms with E-state index in [0.29, 0.717) is 12.5 Å². The van der Waals surface area contributed by atoms with Crippen molar-refractivity contribution in [3.05, 3.63) is 77.9 Å². The topological polar surface area (TPSA) is 77.5 Å². The molecule has 0 aliphatic heterocycles. The van der Waals surface area contributed by atoms with Gasteiger partial charge in [0.25, 0.3) is 0 Å². The van der Waals surface area contributed by atoms with Crippen LogP contribution in [0.1, 0.15) is 30.8 Å². The number of ether oxygens (including phenoxy) is 1. The number of nitrogens with two attached hydrogens (primary N) is 1. The largest absolute Gasteiger partial charge is 0.491 e. The molecule has 0 spiro atoms. The molecule has 0 fully saturated rings. The highest BCUT2D eigenvalue weighted by Gasteiger charge is 2.02. The summed E-state index contributed by atoms with van der Waals surface area (Å²) in [5, 5.41) is 3.11. The molecule has 3 rings (SSSR count). The van der Waals surface area contributed by atoms with Gasteiger partial charge in [-0.25, -0.2) is 9.98 Å². The molecule has 0 unspecified atom stereocenters. The second kappa shape index (κ2) is 9.08. The van der Waals surface area contributed by atoms with Crippen LogP contribution in [0.2, 0.25) is 0 Å². The van der Waals surface area contributed by atoms with Gasteiger partial charge in [0.1, 0.15) is 11.6 Å². The van der Waals surface area contributed by atoms with E-state index in [1.165, 1.54) is 5.56 Å². The molecule has 28 heavy (non-hydrogen) atoms. The number of guanidine groups is 1. The number of imidazole rings is 1. The number of benzene rings is 2. The van der Waals surface area contributed by atoms with Crippen LogP contribution in [0.5, 0.6) is 5.75 Å². The molecule has 3 N–H and O–H groups in total. The molecule has 0 saturated heterocycles. The molecule has 1 heterocycles. The van der Waals surface area contributed by atoms with Crippen LogP contribution in [-0.4, -0.2) is 21.6 Å². The second-order valence-corrected chi connectivity index (χ2v) is 6.94. The van der Waals surface area contributed by atoms with Crippen LogP contribution >= 0.6 is 0 Å². The van der Waals surface area contributed by atoms with Crippen molar-refractivity contribution in [3.8, 4) is 5.75 Å². The molecular formula is C22H27N5O. The van der Waals surface area contributed by atoms with Gasteiger partial charge in [-0.15, -0.1) is 0 Å². The average Bonchev–Trinajstić information content (AvgIpc) is 3.06. The van der Waals surface area contributed by atoms with Crippen LogP contribution in [0.15, 0.2) is 65.9 Å². The zero-order chi connectivity index (χ0) is 19.9. The Morgan fingerprint density at radius 2 is 1.93 bits per heavy atom. The lowest BCUT2D eigenvalue weighted by molar-refractivity contribution is 0.242. The summed E-state index contributed by atoms with van der Waals surface area (Å²) in [6, 6.07) is 16.0. The summed E-state index contributed by atoms with van der Waals surface area (Å²) in [4.78, 5) is 8.71. The molecular weight excluding hydrogens is 350 g/mol. The second-order valence-electron chi connectivity index (χ2n) is 6.94. The van der Waals surface area contributed by atoms with Gasteiger partial charge in [0, 0.05) is 24.6 Å². The first kappa shape index (κ1) is 19.5. The Bertz CT molecular complexity index is 928. The van der Waals surface area contributed by atoms with Gasteiger partial charge in [-0.3, -0.25) is 0 Å². The molecule has 0 amide bonds. The summed E-state index contributed by atoms with van der Waals surface area (Å²) >= 11 is 0. The van der Waals surface area contributed by atoms with Gasteiger partial charge >= 0.3 is 0 Å². The van der Waals surface area contributed by atoms with E-state index in [2.05, 4.69) is 38.1 Å². The summed E-state index contributed by atoms with van der Waals surface area (Å²) in [7, 11) is 0. The molecule has 1 aromatic heterocycles. The monoisotopic (exact) mass is 377 g/mol. The maximum atomic E-state index is 6.04. The molecule has 0 aliphatic rings. The number of aryl methyl sites for hydroxylation is 1. The van der Waals surface area contributed by atoms with Gasteiger partial charge in [0.15, 0.2) is 5.96 Å². The number of hydrogen-bond donors (Lipinski definition) is 2. The first-order valence-corrected chi connectivity index (χ1v) is 9.39. The van der Waals surface area contributed by atoms with E-state index in [9.17, 15) is 0 Å². The first-order chi connectivity index (χ1) is 13.5. The number of anilines is 1. The summed E-state index contributed by atoms with van der Waals surface area (Å²) < 4.78 is 7.76. The van der Waals surface area contributed by atoms with Crippen LogP contribution in [0.3, 0.4) is 0 Å². The molecule has 2 aromatic carbocycles. The van der Waals surface area contributed by atoms with Crippen molar-refractivity contribution in [3.63, 3.8) is 0 Å².